The SMILES string of the molecule is Cn1c([S-])c(-c2ccc(C#N)c3ccccc23)c2cnccc21.[Na+]. The first kappa shape index (κ1) is 16.9. The number of fused-ring (bicyclic) bond motifs is 2. The topological polar surface area (TPSA) is 41.6 Å². The van der Waals surface area contributed by atoms with Gasteiger partial charge in [0.2, 0.25) is 0 Å². The Hall–Kier alpha value is -1.90. The molecule has 2 aromatic carbocycles. The third-order valence-electron chi connectivity index (χ3n) is 4.26. The van der Waals surface area contributed by atoms with Crippen molar-refractivity contribution in [3.8, 4) is 17.2 Å². The van der Waals surface area contributed by atoms with Crippen molar-refractivity contribution in [2.75, 3.05) is 0 Å². The van der Waals surface area contributed by atoms with Crippen LogP contribution in [-0.2, 0) is 19.7 Å². The van der Waals surface area contributed by atoms with E-state index in [0.29, 0.717) is 5.56 Å². The zero-order valence-electron chi connectivity index (χ0n) is 13.4. The average molecular weight is 337 g/mol. The molecule has 0 unspecified atom stereocenters. The minimum Gasteiger partial charge on any atom is -0.762 e. The van der Waals surface area contributed by atoms with E-state index in [-0.39, 0.29) is 29.6 Å². The number of benzene rings is 2. The van der Waals surface area contributed by atoms with Crippen LogP contribution in [0.4, 0.5) is 0 Å². The van der Waals surface area contributed by atoms with Crippen LogP contribution in [0.1, 0.15) is 5.56 Å². The first-order valence-electron chi connectivity index (χ1n) is 7.24. The van der Waals surface area contributed by atoms with Crippen molar-refractivity contribution in [1.82, 2.24) is 9.55 Å². The summed E-state index contributed by atoms with van der Waals surface area (Å²) in [5.74, 6) is 0. The molecule has 0 aliphatic heterocycles. The van der Waals surface area contributed by atoms with Crippen molar-refractivity contribution in [2.24, 2.45) is 7.05 Å². The van der Waals surface area contributed by atoms with Gasteiger partial charge in [-0.1, -0.05) is 35.4 Å². The summed E-state index contributed by atoms with van der Waals surface area (Å²) in [6, 6.07) is 16.0. The van der Waals surface area contributed by atoms with Crippen LogP contribution in [0.2, 0.25) is 0 Å². The second kappa shape index (κ2) is 6.54. The van der Waals surface area contributed by atoms with Crippen LogP contribution in [0.25, 0.3) is 32.8 Å². The summed E-state index contributed by atoms with van der Waals surface area (Å²) in [5, 5.41) is 13.1. The quantitative estimate of drug-likeness (QED) is 0.387. The van der Waals surface area contributed by atoms with Crippen LogP contribution in [0.5, 0.6) is 0 Å². The second-order valence-corrected chi connectivity index (χ2v) is 5.84. The Labute approximate surface area is 167 Å². The van der Waals surface area contributed by atoms with Crippen molar-refractivity contribution in [2.45, 2.75) is 5.03 Å². The Morgan fingerprint density at radius 3 is 2.54 bits per heavy atom. The molecule has 2 aromatic heterocycles. The minimum atomic E-state index is 0. The van der Waals surface area contributed by atoms with E-state index in [4.69, 9.17) is 12.6 Å². The van der Waals surface area contributed by atoms with Gasteiger partial charge in [-0.05, 0) is 28.6 Å². The molecule has 24 heavy (non-hydrogen) atoms. The van der Waals surface area contributed by atoms with Crippen LogP contribution < -0.4 is 29.6 Å². The summed E-state index contributed by atoms with van der Waals surface area (Å²) < 4.78 is 2.01. The van der Waals surface area contributed by atoms with Crippen molar-refractivity contribution in [3.05, 3.63) is 60.4 Å². The van der Waals surface area contributed by atoms with Gasteiger partial charge in [0.05, 0.1) is 17.1 Å². The molecule has 3 nitrogen and oxygen atoms in total. The number of rotatable bonds is 1. The molecule has 0 saturated heterocycles. The number of hydrogen-bond acceptors (Lipinski definition) is 3. The first-order valence-corrected chi connectivity index (χ1v) is 7.65. The van der Waals surface area contributed by atoms with Crippen LogP contribution in [0.3, 0.4) is 0 Å². The zero-order valence-corrected chi connectivity index (χ0v) is 16.3. The maximum absolute atomic E-state index is 9.34. The molecule has 4 rings (SSSR count). The smallest absolute Gasteiger partial charge is 0.762 e. The summed E-state index contributed by atoms with van der Waals surface area (Å²) in [6.45, 7) is 0. The van der Waals surface area contributed by atoms with Gasteiger partial charge in [0.15, 0.2) is 0 Å². The van der Waals surface area contributed by atoms with Crippen LogP contribution in [0, 0.1) is 11.3 Å². The predicted molar refractivity (Wildman–Crippen MR) is 94.0 cm³/mol. The third-order valence-corrected chi connectivity index (χ3v) is 4.74. The van der Waals surface area contributed by atoms with E-state index in [1.807, 2.05) is 60.3 Å². The maximum atomic E-state index is 9.34. The van der Waals surface area contributed by atoms with Crippen molar-refractivity contribution in [1.29, 1.82) is 5.26 Å². The molecule has 0 fully saturated rings. The maximum Gasteiger partial charge on any atom is 1.00 e. The summed E-state index contributed by atoms with van der Waals surface area (Å²) >= 11 is 5.67. The van der Waals surface area contributed by atoms with Gasteiger partial charge in [-0.2, -0.15) is 5.26 Å². The number of nitriles is 1. The van der Waals surface area contributed by atoms with Crippen molar-refractivity contribution < 1.29 is 29.6 Å². The van der Waals surface area contributed by atoms with Crippen molar-refractivity contribution in [3.63, 3.8) is 0 Å². The third kappa shape index (κ3) is 2.42. The molecular weight excluding hydrogens is 325 g/mol. The fraction of sp³-hybridized carbons (Fsp3) is 0.0526. The van der Waals surface area contributed by atoms with Gasteiger partial charge < -0.3 is 17.2 Å². The molecule has 0 radical (unpaired) electrons. The Kier molecular flexibility index (Phi) is 4.62. The van der Waals surface area contributed by atoms with Gasteiger partial charge in [-0.3, -0.25) is 4.98 Å². The number of hydrogen-bond donors (Lipinski definition) is 0. The summed E-state index contributed by atoms with van der Waals surface area (Å²) in [5.41, 5.74) is 3.79. The van der Waals surface area contributed by atoms with Crippen molar-refractivity contribution >= 4 is 34.3 Å². The molecule has 0 atom stereocenters. The van der Waals surface area contributed by atoms with Gasteiger partial charge in [-0.25, -0.2) is 0 Å². The van der Waals surface area contributed by atoms with Gasteiger partial charge in [0.1, 0.15) is 0 Å². The Balaban J connectivity index is 0.00000169. The summed E-state index contributed by atoms with van der Waals surface area (Å²) in [7, 11) is 1.97. The Morgan fingerprint density at radius 2 is 1.79 bits per heavy atom. The fourth-order valence-electron chi connectivity index (χ4n) is 3.14. The molecule has 0 aliphatic carbocycles. The standard InChI is InChI=1S/C19H13N3S.Na/c1-22-17-8-9-21-11-16(17)18(19(22)23)15-7-6-12(10-20)13-4-2-3-5-14(13)15;/h2-9,11,23H,1H3;/q;+1/p-1. The number of aromatic nitrogens is 2. The molecule has 5 heteroatoms. The Bertz CT molecular complexity index is 1110. The number of nitrogens with zero attached hydrogens (tertiary/aromatic N) is 3. The fourth-order valence-corrected chi connectivity index (χ4v) is 3.46. The molecule has 0 bridgehead atoms. The molecule has 0 saturated carbocycles. The van der Waals surface area contributed by atoms with Gasteiger partial charge >= 0.3 is 29.6 Å². The molecular formula is C19H12N3NaS. The van der Waals surface area contributed by atoms with E-state index in [1.165, 1.54) is 0 Å². The summed E-state index contributed by atoms with van der Waals surface area (Å²) in [4.78, 5) is 4.26. The normalized spacial score (nSPS) is 10.5. The van der Waals surface area contributed by atoms with Gasteiger partial charge in [0, 0.05) is 30.2 Å². The second-order valence-electron chi connectivity index (χ2n) is 5.45. The van der Waals surface area contributed by atoms with Gasteiger partial charge in [-0.15, -0.1) is 0 Å². The molecule has 0 spiro atoms. The predicted octanol–water partition coefficient (Wildman–Crippen LogP) is 1.17. The van der Waals surface area contributed by atoms with Gasteiger partial charge in [0.25, 0.3) is 0 Å². The molecule has 4 aromatic rings. The minimum absolute atomic E-state index is 0. The summed E-state index contributed by atoms with van der Waals surface area (Å²) in [6.07, 6.45) is 3.63. The van der Waals surface area contributed by atoms with E-state index in [0.717, 1.165) is 37.8 Å². The van der Waals surface area contributed by atoms with E-state index < -0.39 is 0 Å². The molecule has 0 amide bonds. The van der Waals surface area contributed by atoms with E-state index >= 15 is 0 Å². The average Bonchev–Trinajstić information content (AvgIpc) is 2.85. The van der Waals surface area contributed by atoms with Crippen LogP contribution >= 0.6 is 0 Å². The number of pyridine rings is 1. The van der Waals surface area contributed by atoms with E-state index in [9.17, 15) is 5.26 Å². The molecule has 110 valence electrons. The van der Waals surface area contributed by atoms with E-state index in [1.54, 1.807) is 6.20 Å². The number of aryl methyl sites for hydroxylation is 1. The molecule has 2 heterocycles. The van der Waals surface area contributed by atoms with Crippen LogP contribution in [0.15, 0.2) is 59.9 Å². The van der Waals surface area contributed by atoms with E-state index in [2.05, 4.69) is 11.1 Å². The zero-order chi connectivity index (χ0) is 16.0. The monoisotopic (exact) mass is 337 g/mol. The molecule has 0 N–H and O–H groups in total. The first-order chi connectivity index (χ1) is 11.2. The molecule has 0 aliphatic rings. The van der Waals surface area contributed by atoms with Crippen LogP contribution in [-0.4, -0.2) is 9.55 Å². The Morgan fingerprint density at radius 1 is 1.04 bits per heavy atom. The largest absolute Gasteiger partial charge is 1.00 e.